The zero-order valence-corrected chi connectivity index (χ0v) is 7.81. The van der Waals surface area contributed by atoms with Crippen LogP contribution in [0.4, 0.5) is 11.6 Å². The molecule has 0 aromatic carbocycles. The second-order valence-corrected chi connectivity index (χ2v) is 2.88. The van der Waals surface area contributed by atoms with E-state index in [0.29, 0.717) is 5.95 Å². The molecule has 0 fully saturated rings. The maximum atomic E-state index is 4.10. The van der Waals surface area contributed by atoms with Crippen molar-refractivity contribution in [1.29, 1.82) is 0 Å². The van der Waals surface area contributed by atoms with Crippen LogP contribution in [0.3, 0.4) is 0 Å². The highest BCUT2D eigenvalue weighted by Crippen LogP contribution is 2.11. The molecule has 0 atom stereocenters. The Kier molecular flexibility index (Phi) is 2.36. The van der Waals surface area contributed by atoms with Crippen molar-refractivity contribution in [2.45, 2.75) is 6.92 Å². The number of pyridine rings is 1. The molecule has 70 valence electrons. The maximum absolute atomic E-state index is 4.10. The molecule has 0 spiro atoms. The third-order valence-corrected chi connectivity index (χ3v) is 1.72. The molecule has 14 heavy (non-hydrogen) atoms. The molecule has 0 bridgehead atoms. The fraction of sp³-hybridized carbons (Fsp3) is 0.100. The molecule has 2 aromatic rings. The molecule has 2 aromatic heterocycles. The molecule has 2 rings (SSSR count). The Hall–Kier alpha value is -1.97. The zero-order valence-electron chi connectivity index (χ0n) is 7.81. The highest BCUT2D eigenvalue weighted by atomic mass is 15.1. The largest absolute Gasteiger partial charge is 0.324 e. The molecule has 0 aliphatic carbocycles. The smallest absolute Gasteiger partial charge is 0.227 e. The molecule has 1 N–H and O–H groups in total. The first-order valence-corrected chi connectivity index (χ1v) is 4.31. The van der Waals surface area contributed by atoms with Crippen molar-refractivity contribution in [3.05, 3.63) is 42.5 Å². The third-order valence-electron chi connectivity index (χ3n) is 1.72. The lowest BCUT2D eigenvalue weighted by Crippen LogP contribution is -1.96. The summed E-state index contributed by atoms with van der Waals surface area (Å²) >= 11 is 0. The van der Waals surface area contributed by atoms with Gasteiger partial charge in [-0.3, -0.25) is 4.98 Å². The summed E-state index contributed by atoms with van der Waals surface area (Å²) in [5, 5.41) is 3.08. The van der Waals surface area contributed by atoms with Crippen molar-refractivity contribution >= 4 is 11.6 Å². The van der Waals surface area contributed by atoms with E-state index in [1.54, 1.807) is 24.7 Å². The number of aryl methyl sites for hydroxylation is 1. The molecular weight excluding hydrogens is 176 g/mol. The highest BCUT2D eigenvalue weighted by molar-refractivity contribution is 5.52. The van der Waals surface area contributed by atoms with Gasteiger partial charge in [-0.25, -0.2) is 9.97 Å². The predicted octanol–water partition coefficient (Wildman–Crippen LogP) is 1.92. The Morgan fingerprint density at radius 2 is 1.86 bits per heavy atom. The van der Waals surface area contributed by atoms with Crippen LogP contribution in [0.15, 0.2) is 36.8 Å². The Balaban J connectivity index is 2.19. The van der Waals surface area contributed by atoms with Crippen LogP contribution in [0.2, 0.25) is 0 Å². The van der Waals surface area contributed by atoms with Gasteiger partial charge in [0, 0.05) is 30.0 Å². The lowest BCUT2D eigenvalue weighted by atomic mass is 10.3. The molecule has 0 radical (unpaired) electrons. The molecule has 2 heterocycles. The molecule has 0 saturated carbocycles. The molecule has 0 saturated heterocycles. The first-order valence-electron chi connectivity index (χ1n) is 4.31. The molecular formula is C10H10N4. The fourth-order valence-corrected chi connectivity index (χ4v) is 1.12. The average Bonchev–Trinajstić information content (AvgIpc) is 2.19. The minimum absolute atomic E-state index is 0.595. The van der Waals surface area contributed by atoms with Gasteiger partial charge in [-0.15, -0.1) is 0 Å². The van der Waals surface area contributed by atoms with Crippen molar-refractivity contribution in [3.8, 4) is 0 Å². The van der Waals surface area contributed by atoms with E-state index in [4.69, 9.17) is 0 Å². The number of nitrogens with one attached hydrogen (secondary N) is 1. The van der Waals surface area contributed by atoms with Gasteiger partial charge in [-0.2, -0.15) is 0 Å². The first-order chi connectivity index (χ1) is 6.84. The molecule has 0 unspecified atom stereocenters. The van der Waals surface area contributed by atoms with Gasteiger partial charge in [0.15, 0.2) is 0 Å². The van der Waals surface area contributed by atoms with E-state index >= 15 is 0 Å². The zero-order chi connectivity index (χ0) is 9.80. The summed E-state index contributed by atoms with van der Waals surface area (Å²) in [5.74, 6) is 0.595. The maximum Gasteiger partial charge on any atom is 0.227 e. The Bertz CT molecular complexity index is 413. The topological polar surface area (TPSA) is 50.7 Å². The van der Waals surface area contributed by atoms with E-state index < -0.39 is 0 Å². The van der Waals surface area contributed by atoms with Crippen molar-refractivity contribution in [2.24, 2.45) is 0 Å². The van der Waals surface area contributed by atoms with Crippen LogP contribution in [-0.4, -0.2) is 15.0 Å². The number of rotatable bonds is 2. The third kappa shape index (κ3) is 2.04. The van der Waals surface area contributed by atoms with Crippen LogP contribution in [0.25, 0.3) is 0 Å². The summed E-state index contributed by atoms with van der Waals surface area (Å²) in [6.45, 7) is 1.94. The summed E-state index contributed by atoms with van der Waals surface area (Å²) in [6, 6.07) is 5.60. The predicted molar refractivity (Wildman–Crippen MR) is 54.3 cm³/mol. The van der Waals surface area contributed by atoms with E-state index in [0.717, 1.165) is 11.4 Å². The SMILES string of the molecule is Cc1cc(Nc2ncccn2)ccn1. The van der Waals surface area contributed by atoms with Crippen LogP contribution in [0, 0.1) is 6.92 Å². The quantitative estimate of drug-likeness (QED) is 0.778. The number of nitrogens with zero attached hydrogens (tertiary/aromatic N) is 3. The fourth-order valence-electron chi connectivity index (χ4n) is 1.12. The standard InChI is InChI=1S/C10H10N4/c1-8-7-9(3-6-11-8)14-10-12-4-2-5-13-10/h2-7H,1H3,(H,11,12,13,14). The summed E-state index contributed by atoms with van der Waals surface area (Å²) in [5.41, 5.74) is 1.91. The minimum atomic E-state index is 0.595. The van der Waals surface area contributed by atoms with Crippen LogP contribution in [-0.2, 0) is 0 Å². The van der Waals surface area contributed by atoms with E-state index in [9.17, 15) is 0 Å². The van der Waals surface area contributed by atoms with E-state index in [1.165, 1.54) is 0 Å². The van der Waals surface area contributed by atoms with E-state index in [2.05, 4.69) is 20.3 Å². The summed E-state index contributed by atoms with van der Waals surface area (Å²) in [4.78, 5) is 12.2. The Morgan fingerprint density at radius 1 is 1.07 bits per heavy atom. The van der Waals surface area contributed by atoms with E-state index in [-0.39, 0.29) is 0 Å². The van der Waals surface area contributed by atoms with Gasteiger partial charge in [0.25, 0.3) is 0 Å². The van der Waals surface area contributed by atoms with Gasteiger partial charge in [0.2, 0.25) is 5.95 Å². The lowest BCUT2D eigenvalue weighted by Gasteiger charge is -2.03. The normalized spacial score (nSPS) is 9.79. The number of hydrogen-bond acceptors (Lipinski definition) is 4. The van der Waals surface area contributed by atoms with Crippen molar-refractivity contribution < 1.29 is 0 Å². The highest BCUT2D eigenvalue weighted by Gasteiger charge is 1.95. The van der Waals surface area contributed by atoms with Crippen LogP contribution in [0.1, 0.15) is 5.69 Å². The second-order valence-electron chi connectivity index (χ2n) is 2.88. The number of hydrogen-bond donors (Lipinski definition) is 1. The monoisotopic (exact) mass is 186 g/mol. The lowest BCUT2D eigenvalue weighted by molar-refractivity contribution is 1.15. The molecule has 4 nitrogen and oxygen atoms in total. The van der Waals surface area contributed by atoms with E-state index in [1.807, 2.05) is 19.1 Å². The molecule has 0 aliphatic rings. The van der Waals surface area contributed by atoms with Gasteiger partial charge in [-0.1, -0.05) is 0 Å². The van der Waals surface area contributed by atoms with Crippen molar-refractivity contribution in [2.75, 3.05) is 5.32 Å². The second kappa shape index (κ2) is 3.83. The Morgan fingerprint density at radius 3 is 2.57 bits per heavy atom. The minimum Gasteiger partial charge on any atom is -0.324 e. The molecule has 4 heteroatoms. The summed E-state index contributed by atoms with van der Waals surface area (Å²) in [7, 11) is 0. The molecule has 0 aliphatic heterocycles. The first kappa shape index (κ1) is 8.62. The Labute approximate surface area is 82.1 Å². The van der Waals surface area contributed by atoms with Gasteiger partial charge in [-0.05, 0) is 25.1 Å². The molecule has 0 amide bonds. The van der Waals surface area contributed by atoms with Crippen LogP contribution < -0.4 is 5.32 Å². The van der Waals surface area contributed by atoms with Crippen molar-refractivity contribution in [3.63, 3.8) is 0 Å². The van der Waals surface area contributed by atoms with Gasteiger partial charge < -0.3 is 5.32 Å². The van der Waals surface area contributed by atoms with Crippen LogP contribution >= 0.6 is 0 Å². The summed E-state index contributed by atoms with van der Waals surface area (Å²) in [6.07, 6.45) is 5.15. The van der Waals surface area contributed by atoms with Gasteiger partial charge in [0.1, 0.15) is 0 Å². The van der Waals surface area contributed by atoms with Crippen LogP contribution in [0.5, 0.6) is 0 Å². The summed E-state index contributed by atoms with van der Waals surface area (Å²) < 4.78 is 0. The number of aromatic nitrogens is 3. The average molecular weight is 186 g/mol. The van der Waals surface area contributed by atoms with Gasteiger partial charge >= 0.3 is 0 Å². The van der Waals surface area contributed by atoms with Gasteiger partial charge in [0.05, 0.1) is 0 Å². The number of anilines is 2. The van der Waals surface area contributed by atoms with Crippen molar-refractivity contribution in [1.82, 2.24) is 15.0 Å².